The molecule has 18 heavy (non-hydrogen) atoms. The second-order valence-corrected chi connectivity index (χ2v) is 6.51. The highest BCUT2D eigenvalue weighted by molar-refractivity contribution is 7.89. The number of rotatable bonds is 5. The molecule has 0 bridgehead atoms. The third kappa shape index (κ3) is 3.99. The third-order valence-electron chi connectivity index (χ3n) is 2.63. The molecule has 0 radical (unpaired) electrons. The van der Waals surface area contributed by atoms with Gasteiger partial charge < -0.3 is 4.74 Å². The monoisotopic (exact) mass is 271 g/mol. The Labute approximate surface area is 109 Å². The van der Waals surface area contributed by atoms with Gasteiger partial charge in [-0.15, -0.1) is 0 Å². The summed E-state index contributed by atoms with van der Waals surface area (Å²) in [6.07, 6.45) is 0.872. The highest BCUT2D eigenvalue weighted by Gasteiger charge is 2.18. The second-order valence-electron chi connectivity index (χ2n) is 4.99. The van der Waals surface area contributed by atoms with E-state index in [4.69, 9.17) is 9.88 Å². The summed E-state index contributed by atoms with van der Waals surface area (Å²) in [7, 11) is -3.75. The fourth-order valence-electron chi connectivity index (χ4n) is 1.71. The quantitative estimate of drug-likeness (QED) is 0.894. The standard InChI is InChI=1S/C13H21NO3S/c1-9(2)5-6-17-13-11(4)7-10(3)8-12(13)18(14,15)16/h7-9H,5-6H2,1-4H3,(H2,14,15,16). The van der Waals surface area contributed by atoms with Gasteiger partial charge in [0.2, 0.25) is 10.0 Å². The molecule has 0 spiro atoms. The number of hydrogen-bond acceptors (Lipinski definition) is 3. The van der Waals surface area contributed by atoms with E-state index in [1.54, 1.807) is 6.07 Å². The minimum Gasteiger partial charge on any atom is -0.492 e. The number of benzene rings is 1. The van der Waals surface area contributed by atoms with E-state index in [1.807, 2.05) is 19.9 Å². The summed E-state index contributed by atoms with van der Waals surface area (Å²) in [5, 5.41) is 5.22. The van der Waals surface area contributed by atoms with Gasteiger partial charge >= 0.3 is 0 Å². The van der Waals surface area contributed by atoms with Crippen molar-refractivity contribution in [1.29, 1.82) is 0 Å². The van der Waals surface area contributed by atoms with Gasteiger partial charge in [0.05, 0.1) is 6.61 Å². The first-order chi connectivity index (χ1) is 8.21. The molecule has 0 unspecified atom stereocenters. The van der Waals surface area contributed by atoms with Crippen LogP contribution in [0.2, 0.25) is 0 Å². The molecular formula is C13H21NO3S. The van der Waals surface area contributed by atoms with Crippen LogP contribution in [0.25, 0.3) is 0 Å². The van der Waals surface area contributed by atoms with Crippen molar-refractivity contribution >= 4 is 10.0 Å². The van der Waals surface area contributed by atoms with E-state index in [-0.39, 0.29) is 4.90 Å². The van der Waals surface area contributed by atoms with Crippen molar-refractivity contribution in [2.75, 3.05) is 6.61 Å². The Bertz CT molecular complexity index is 521. The van der Waals surface area contributed by atoms with Crippen LogP contribution in [0.15, 0.2) is 17.0 Å². The average Bonchev–Trinajstić information content (AvgIpc) is 2.18. The largest absolute Gasteiger partial charge is 0.492 e. The van der Waals surface area contributed by atoms with Gasteiger partial charge in [0.25, 0.3) is 0 Å². The predicted molar refractivity (Wildman–Crippen MR) is 72.2 cm³/mol. The van der Waals surface area contributed by atoms with Crippen LogP contribution in [-0.4, -0.2) is 15.0 Å². The lowest BCUT2D eigenvalue weighted by molar-refractivity contribution is 0.281. The fraction of sp³-hybridized carbons (Fsp3) is 0.538. The van der Waals surface area contributed by atoms with Crippen molar-refractivity contribution < 1.29 is 13.2 Å². The number of ether oxygens (including phenoxy) is 1. The number of hydrogen-bond donors (Lipinski definition) is 1. The lowest BCUT2D eigenvalue weighted by Crippen LogP contribution is -2.15. The summed E-state index contributed by atoms with van der Waals surface area (Å²) in [5.41, 5.74) is 1.65. The van der Waals surface area contributed by atoms with Crippen molar-refractivity contribution in [3.05, 3.63) is 23.3 Å². The first-order valence-corrected chi connectivity index (χ1v) is 7.53. The van der Waals surface area contributed by atoms with Crippen molar-refractivity contribution in [3.63, 3.8) is 0 Å². The number of aryl methyl sites for hydroxylation is 2. The Morgan fingerprint density at radius 3 is 2.39 bits per heavy atom. The van der Waals surface area contributed by atoms with Gasteiger partial charge in [0.1, 0.15) is 10.6 Å². The lowest BCUT2D eigenvalue weighted by Gasteiger charge is -2.14. The van der Waals surface area contributed by atoms with E-state index >= 15 is 0 Å². The lowest BCUT2D eigenvalue weighted by atomic mass is 10.1. The maximum Gasteiger partial charge on any atom is 0.241 e. The maximum atomic E-state index is 11.6. The second kappa shape index (κ2) is 5.71. The van der Waals surface area contributed by atoms with Gasteiger partial charge in [0.15, 0.2) is 0 Å². The van der Waals surface area contributed by atoms with Gasteiger partial charge in [-0.25, -0.2) is 13.6 Å². The summed E-state index contributed by atoms with van der Waals surface area (Å²) in [5.74, 6) is 0.887. The molecule has 0 aliphatic carbocycles. The van der Waals surface area contributed by atoms with Crippen LogP contribution in [0.3, 0.4) is 0 Å². The van der Waals surface area contributed by atoms with Crippen LogP contribution in [0.5, 0.6) is 5.75 Å². The Morgan fingerprint density at radius 1 is 1.28 bits per heavy atom. The molecule has 0 aliphatic heterocycles. The Balaban J connectivity index is 3.09. The summed E-state index contributed by atoms with van der Waals surface area (Å²) in [4.78, 5) is 0.0729. The molecule has 102 valence electrons. The molecule has 0 amide bonds. The highest BCUT2D eigenvalue weighted by atomic mass is 32.2. The van der Waals surface area contributed by atoms with Crippen LogP contribution >= 0.6 is 0 Å². The molecule has 1 aromatic rings. The van der Waals surface area contributed by atoms with E-state index in [9.17, 15) is 8.42 Å². The molecule has 0 atom stereocenters. The average molecular weight is 271 g/mol. The Morgan fingerprint density at radius 2 is 1.89 bits per heavy atom. The van der Waals surface area contributed by atoms with Gasteiger partial charge in [-0.3, -0.25) is 0 Å². The zero-order valence-electron chi connectivity index (χ0n) is 11.4. The van der Waals surface area contributed by atoms with Gasteiger partial charge in [-0.1, -0.05) is 19.9 Å². The van der Waals surface area contributed by atoms with Crippen molar-refractivity contribution in [2.45, 2.75) is 39.0 Å². The van der Waals surface area contributed by atoms with E-state index < -0.39 is 10.0 Å². The molecule has 0 aliphatic rings. The normalized spacial score (nSPS) is 11.9. The molecule has 0 saturated heterocycles. The highest BCUT2D eigenvalue weighted by Crippen LogP contribution is 2.28. The predicted octanol–water partition coefficient (Wildman–Crippen LogP) is 2.38. The van der Waals surface area contributed by atoms with Gasteiger partial charge in [-0.05, 0) is 43.4 Å². The smallest absolute Gasteiger partial charge is 0.241 e. The molecule has 5 heteroatoms. The Hall–Kier alpha value is -1.07. The number of sulfonamides is 1. The van der Waals surface area contributed by atoms with E-state index in [0.29, 0.717) is 18.3 Å². The summed E-state index contributed by atoms with van der Waals surface area (Å²) >= 11 is 0. The molecule has 0 heterocycles. The minimum absolute atomic E-state index is 0.0729. The van der Waals surface area contributed by atoms with Crippen molar-refractivity contribution in [3.8, 4) is 5.75 Å². The molecule has 4 nitrogen and oxygen atoms in total. The Kier molecular flexibility index (Phi) is 4.76. The van der Waals surface area contributed by atoms with E-state index in [1.165, 1.54) is 0 Å². The van der Waals surface area contributed by atoms with Crippen LogP contribution in [-0.2, 0) is 10.0 Å². The summed E-state index contributed by atoms with van der Waals surface area (Å²) in [6.45, 7) is 8.33. The molecule has 1 rings (SSSR count). The van der Waals surface area contributed by atoms with Crippen LogP contribution in [0.1, 0.15) is 31.4 Å². The van der Waals surface area contributed by atoms with Gasteiger partial charge in [0, 0.05) is 0 Å². The minimum atomic E-state index is -3.75. The van der Waals surface area contributed by atoms with Crippen molar-refractivity contribution in [1.82, 2.24) is 0 Å². The topological polar surface area (TPSA) is 69.4 Å². The van der Waals surface area contributed by atoms with Crippen LogP contribution in [0.4, 0.5) is 0 Å². The van der Waals surface area contributed by atoms with Gasteiger partial charge in [-0.2, -0.15) is 0 Å². The number of primary sulfonamides is 1. The number of nitrogens with two attached hydrogens (primary N) is 1. The summed E-state index contributed by atoms with van der Waals surface area (Å²) in [6, 6.07) is 3.44. The van der Waals surface area contributed by atoms with Crippen LogP contribution < -0.4 is 9.88 Å². The molecular weight excluding hydrogens is 250 g/mol. The molecule has 1 aromatic carbocycles. The maximum absolute atomic E-state index is 11.6. The fourth-order valence-corrected chi connectivity index (χ4v) is 2.54. The third-order valence-corrected chi connectivity index (χ3v) is 3.55. The zero-order valence-corrected chi connectivity index (χ0v) is 12.2. The first kappa shape index (κ1) is 15.0. The molecule has 2 N–H and O–H groups in total. The molecule has 0 saturated carbocycles. The first-order valence-electron chi connectivity index (χ1n) is 5.98. The van der Waals surface area contributed by atoms with Crippen LogP contribution in [0, 0.1) is 19.8 Å². The van der Waals surface area contributed by atoms with E-state index in [0.717, 1.165) is 17.5 Å². The summed E-state index contributed by atoms with van der Waals surface area (Å²) < 4.78 is 28.7. The molecule has 0 fully saturated rings. The SMILES string of the molecule is Cc1cc(C)c(OCCC(C)C)c(S(N)(=O)=O)c1. The van der Waals surface area contributed by atoms with Crippen molar-refractivity contribution in [2.24, 2.45) is 11.1 Å². The zero-order chi connectivity index (χ0) is 13.9. The molecule has 0 aromatic heterocycles. The van der Waals surface area contributed by atoms with E-state index in [2.05, 4.69) is 13.8 Å².